The molecule has 19 heavy (non-hydrogen) atoms. The average molecular weight is 284 g/mol. The van der Waals surface area contributed by atoms with Crippen molar-refractivity contribution in [2.24, 2.45) is 5.41 Å². The van der Waals surface area contributed by atoms with Crippen molar-refractivity contribution in [2.75, 3.05) is 18.5 Å². The molecular weight excluding hydrogens is 266 g/mol. The summed E-state index contributed by atoms with van der Waals surface area (Å²) >= 11 is 5.87. The molecule has 2 aromatic rings. The van der Waals surface area contributed by atoms with Crippen LogP contribution >= 0.6 is 11.6 Å². The van der Waals surface area contributed by atoms with Gasteiger partial charge in [-0.3, -0.25) is 5.10 Å². The highest BCUT2D eigenvalue weighted by Crippen LogP contribution is 2.27. The first kappa shape index (κ1) is 14.0. The van der Waals surface area contributed by atoms with Gasteiger partial charge >= 0.3 is 0 Å². The Morgan fingerprint density at radius 1 is 1.37 bits per heavy atom. The maximum Gasteiger partial charge on any atom is 0.226 e. The van der Waals surface area contributed by atoms with Crippen LogP contribution in [-0.2, 0) is 0 Å². The number of rotatable bonds is 6. The molecule has 0 atom stereocenters. The summed E-state index contributed by atoms with van der Waals surface area (Å²) in [4.78, 5) is 8.23. The van der Waals surface area contributed by atoms with Gasteiger partial charge in [0.05, 0.1) is 18.2 Å². The molecule has 0 aromatic carbocycles. The molecule has 0 radical (unpaired) electrons. The number of H-pyrrole nitrogens is 1. The van der Waals surface area contributed by atoms with Gasteiger partial charge in [0.2, 0.25) is 5.28 Å². The fourth-order valence-electron chi connectivity index (χ4n) is 1.99. The van der Waals surface area contributed by atoms with Crippen LogP contribution in [0.2, 0.25) is 5.28 Å². The summed E-state index contributed by atoms with van der Waals surface area (Å²) in [7, 11) is 0. The molecule has 0 aliphatic carbocycles. The average Bonchev–Trinajstić information content (AvgIpc) is 2.88. The Morgan fingerprint density at radius 2 is 2.11 bits per heavy atom. The molecule has 0 aliphatic heterocycles. The lowest BCUT2D eigenvalue weighted by atomic mass is 9.83. The van der Waals surface area contributed by atoms with Crippen LogP contribution in [0.5, 0.6) is 0 Å². The summed E-state index contributed by atoms with van der Waals surface area (Å²) in [6.07, 6.45) is 3.44. The number of hydrogen-bond acceptors (Lipinski definition) is 5. The van der Waals surface area contributed by atoms with Crippen molar-refractivity contribution in [1.29, 1.82) is 0 Å². The normalized spacial score (nSPS) is 12.0. The standard InChI is InChI=1S/C12H18ClN5O/c1-3-12(4-2,7-19)6-14-9-8-5-15-18-10(8)17-11(13)16-9/h5,19H,3-4,6-7H2,1-2H3,(H2,14,15,16,17,18). The van der Waals surface area contributed by atoms with Crippen molar-refractivity contribution in [3.63, 3.8) is 0 Å². The van der Waals surface area contributed by atoms with Crippen LogP contribution in [0.1, 0.15) is 26.7 Å². The number of aromatic nitrogens is 4. The fraction of sp³-hybridized carbons (Fsp3) is 0.583. The number of aliphatic hydroxyl groups excluding tert-OH is 1. The minimum Gasteiger partial charge on any atom is -0.396 e. The summed E-state index contributed by atoms with van der Waals surface area (Å²) in [6, 6.07) is 0. The summed E-state index contributed by atoms with van der Waals surface area (Å²) in [6.45, 7) is 4.91. The van der Waals surface area contributed by atoms with Gasteiger partial charge in [-0.1, -0.05) is 13.8 Å². The summed E-state index contributed by atoms with van der Waals surface area (Å²) in [5.74, 6) is 0.642. The molecule has 0 aliphatic rings. The van der Waals surface area contributed by atoms with Gasteiger partial charge < -0.3 is 10.4 Å². The van der Waals surface area contributed by atoms with Gasteiger partial charge in [-0.15, -0.1) is 0 Å². The monoisotopic (exact) mass is 283 g/mol. The van der Waals surface area contributed by atoms with E-state index in [4.69, 9.17) is 11.6 Å². The Balaban J connectivity index is 2.24. The SMILES string of the molecule is CCC(CC)(CO)CNc1nc(Cl)nc2[nH]ncc12. The van der Waals surface area contributed by atoms with Crippen LogP contribution in [0.4, 0.5) is 5.82 Å². The van der Waals surface area contributed by atoms with Crippen molar-refractivity contribution in [2.45, 2.75) is 26.7 Å². The van der Waals surface area contributed by atoms with E-state index >= 15 is 0 Å². The largest absolute Gasteiger partial charge is 0.396 e. The van der Waals surface area contributed by atoms with Crippen LogP contribution in [0, 0.1) is 5.41 Å². The number of fused-ring (bicyclic) bond motifs is 1. The number of nitrogens with zero attached hydrogens (tertiary/aromatic N) is 3. The molecule has 0 fully saturated rings. The maximum absolute atomic E-state index is 9.57. The Kier molecular flexibility index (Phi) is 4.21. The molecule has 0 saturated heterocycles. The van der Waals surface area contributed by atoms with Crippen molar-refractivity contribution in [1.82, 2.24) is 20.2 Å². The first-order valence-electron chi connectivity index (χ1n) is 6.35. The molecule has 0 spiro atoms. The molecule has 0 saturated carbocycles. The van der Waals surface area contributed by atoms with E-state index in [1.807, 2.05) is 0 Å². The number of aliphatic hydroxyl groups is 1. The first-order chi connectivity index (χ1) is 9.14. The zero-order valence-corrected chi connectivity index (χ0v) is 11.8. The van der Waals surface area contributed by atoms with Crippen LogP contribution in [-0.4, -0.2) is 38.4 Å². The van der Waals surface area contributed by atoms with Crippen LogP contribution in [0.25, 0.3) is 11.0 Å². The lowest BCUT2D eigenvalue weighted by molar-refractivity contribution is 0.127. The highest BCUT2D eigenvalue weighted by molar-refractivity contribution is 6.28. The molecule has 7 heteroatoms. The molecule has 2 rings (SSSR count). The summed E-state index contributed by atoms with van der Waals surface area (Å²) < 4.78 is 0. The van der Waals surface area contributed by atoms with Gasteiger partial charge in [-0.25, -0.2) is 0 Å². The third-order valence-corrected chi connectivity index (χ3v) is 3.92. The smallest absolute Gasteiger partial charge is 0.226 e. The van der Waals surface area contributed by atoms with Crippen LogP contribution < -0.4 is 5.32 Å². The predicted molar refractivity (Wildman–Crippen MR) is 75.3 cm³/mol. The van der Waals surface area contributed by atoms with Crippen molar-refractivity contribution in [3.05, 3.63) is 11.5 Å². The van der Waals surface area contributed by atoms with Crippen molar-refractivity contribution in [3.8, 4) is 0 Å². The topological polar surface area (TPSA) is 86.7 Å². The minimum absolute atomic E-state index is 0.139. The molecular formula is C12H18ClN5O. The lowest BCUT2D eigenvalue weighted by Gasteiger charge is -2.29. The van der Waals surface area contributed by atoms with Gasteiger partial charge in [0, 0.05) is 12.0 Å². The minimum atomic E-state index is -0.145. The van der Waals surface area contributed by atoms with Gasteiger partial charge in [-0.2, -0.15) is 15.1 Å². The Hall–Kier alpha value is -1.40. The Labute approximate surface area is 116 Å². The molecule has 0 amide bonds. The Morgan fingerprint density at radius 3 is 2.74 bits per heavy atom. The molecule has 0 unspecified atom stereocenters. The highest BCUT2D eigenvalue weighted by Gasteiger charge is 2.25. The number of halogens is 1. The third kappa shape index (κ3) is 2.79. The van der Waals surface area contributed by atoms with E-state index in [0.717, 1.165) is 18.2 Å². The molecule has 104 valence electrons. The van der Waals surface area contributed by atoms with E-state index in [0.29, 0.717) is 18.0 Å². The first-order valence-corrected chi connectivity index (χ1v) is 6.73. The van der Waals surface area contributed by atoms with E-state index < -0.39 is 0 Å². The van der Waals surface area contributed by atoms with Gasteiger partial charge in [-0.05, 0) is 24.4 Å². The fourth-order valence-corrected chi connectivity index (χ4v) is 2.16. The predicted octanol–water partition coefficient (Wildman–Crippen LogP) is 2.22. The highest BCUT2D eigenvalue weighted by atomic mass is 35.5. The third-order valence-electron chi connectivity index (χ3n) is 3.75. The van der Waals surface area contributed by atoms with Crippen LogP contribution in [0.15, 0.2) is 6.20 Å². The zero-order valence-electron chi connectivity index (χ0n) is 11.1. The van der Waals surface area contributed by atoms with Crippen molar-refractivity contribution < 1.29 is 5.11 Å². The van der Waals surface area contributed by atoms with Crippen molar-refractivity contribution >= 4 is 28.5 Å². The second-order valence-electron chi connectivity index (χ2n) is 4.69. The van der Waals surface area contributed by atoms with Gasteiger partial charge in [0.25, 0.3) is 0 Å². The number of anilines is 1. The summed E-state index contributed by atoms with van der Waals surface area (Å²) in [5.41, 5.74) is 0.457. The second-order valence-corrected chi connectivity index (χ2v) is 5.03. The molecule has 6 nitrogen and oxygen atoms in total. The van der Waals surface area contributed by atoms with Gasteiger partial charge in [0.1, 0.15) is 5.82 Å². The van der Waals surface area contributed by atoms with Crippen LogP contribution in [0.3, 0.4) is 0 Å². The molecule has 2 aromatic heterocycles. The quantitative estimate of drug-likeness (QED) is 0.708. The van der Waals surface area contributed by atoms with E-state index in [9.17, 15) is 5.11 Å². The zero-order chi connectivity index (χ0) is 13.9. The number of aromatic amines is 1. The molecule has 2 heterocycles. The van der Waals surface area contributed by atoms with E-state index in [1.54, 1.807) is 6.20 Å². The van der Waals surface area contributed by atoms with E-state index in [-0.39, 0.29) is 17.3 Å². The molecule has 0 bridgehead atoms. The lowest BCUT2D eigenvalue weighted by Crippen LogP contribution is -2.32. The van der Waals surface area contributed by atoms with E-state index in [2.05, 4.69) is 39.3 Å². The Bertz CT molecular complexity index is 544. The number of hydrogen-bond donors (Lipinski definition) is 3. The second kappa shape index (κ2) is 5.71. The maximum atomic E-state index is 9.57. The number of nitrogens with one attached hydrogen (secondary N) is 2. The van der Waals surface area contributed by atoms with Gasteiger partial charge in [0.15, 0.2) is 5.65 Å². The van der Waals surface area contributed by atoms with E-state index in [1.165, 1.54) is 0 Å². The molecule has 3 N–H and O–H groups in total. The summed E-state index contributed by atoms with van der Waals surface area (Å²) in [5, 5.41) is 20.5.